The third kappa shape index (κ3) is 4.62. The van der Waals surface area contributed by atoms with Crippen molar-refractivity contribution in [3.8, 4) is 5.75 Å². The van der Waals surface area contributed by atoms with Gasteiger partial charge in [0.25, 0.3) is 11.8 Å². The lowest BCUT2D eigenvalue weighted by molar-refractivity contribution is -0.137. The van der Waals surface area contributed by atoms with Crippen molar-refractivity contribution in [2.45, 2.75) is 25.3 Å². The van der Waals surface area contributed by atoms with Crippen LogP contribution in [0.2, 0.25) is 0 Å². The number of aromatic amines is 1. The highest BCUT2D eigenvalue weighted by Gasteiger charge is 2.31. The first-order valence-corrected chi connectivity index (χ1v) is 10.2. The highest BCUT2D eigenvalue weighted by molar-refractivity contribution is 5.92. The monoisotopic (exact) mass is 416 g/mol. The van der Waals surface area contributed by atoms with Crippen molar-refractivity contribution in [3.63, 3.8) is 0 Å². The molecule has 8 nitrogen and oxygen atoms in total. The summed E-state index contributed by atoms with van der Waals surface area (Å²) in [5, 5.41) is 7.16. The number of piperidine rings is 1. The highest BCUT2D eigenvalue weighted by atomic mass is 19.1. The van der Waals surface area contributed by atoms with Crippen molar-refractivity contribution in [1.82, 2.24) is 20.0 Å². The normalized spacial score (nSPS) is 19.6. The summed E-state index contributed by atoms with van der Waals surface area (Å²) in [6.07, 6.45) is 2.68. The molecule has 2 fully saturated rings. The van der Waals surface area contributed by atoms with Gasteiger partial charge in [0, 0.05) is 19.6 Å². The molecule has 0 radical (unpaired) electrons. The number of H-pyrrole nitrogens is 1. The van der Waals surface area contributed by atoms with Gasteiger partial charge < -0.3 is 19.3 Å². The summed E-state index contributed by atoms with van der Waals surface area (Å²) >= 11 is 0. The Balaban J connectivity index is 1.41. The van der Waals surface area contributed by atoms with E-state index in [-0.39, 0.29) is 30.3 Å². The molecule has 2 aliphatic rings. The lowest BCUT2D eigenvalue weighted by Gasteiger charge is -2.35. The van der Waals surface area contributed by atoms with E-state index in [1.54, 1.807) is 15.9 Å². The second-order valence-electron chi connectivity index (χ2n) is 7.45. The van der Waals surface area contributed by atoms with E-state index >= 15 is 0 Å². The Labute approximate surface area is 173 Å². The number of hydrogen-bond donors (Lipinski definition) is 1. The van der Waals surface area contributed by atoms with Crippen molar-refractivity contribution in [3.05, 3.63) is 47.5 Å². The second kappa shape index (κ2) is 9.25. The maximum absolute atomic E-state index is 13.0. The SMILES string of the molecule is O=C(c1cc(C2CCCCN2C(=O)COc2ccc(F)cc2)[nH]n1)N1CCOCC1. The molecule has 2 aromatic rings. The van der Waals surface area contributed by atoms with Gasteiger partial charge in [-0.05, 0) is 49.6 Å². The molecular weight excluding hydrogens is 391 g/mol. The third-order valence-corrected chi connectivity index (χ3v) is 5.47. The van der Waals surface area contributed by atoms with Crippen LogP contribution in [-0.4, -0.2) is 71.3 Å². The summed E-state index contributed by atoms with van der Waals surface area (Å²) in [6, 6.07) is 7.14. The van der Waals surface area contributed by atoms with Crippen molar-refractivity contribution in [2.75, 3.05) is 39.5 Å². The molecular formula is C21H25FN4O4. The number of carbonyl (C=O) groups excluding carboxylic acids is 2. The van der Waals surface area contributed by atoms with Gasteiger partial charge in [-0.1, -0.05) is 0 Å². The lowest BCUT2D eigenvalue weighted by atomic mass is 9.99. The van der Waals surface area contributed by atoms with Crippen LogP contribution in [0.4, 0.5) is 4.39 Å². The molecule has 4 rings (SSSR count). The van der Waals surface area contributed by atoms with Gasteiger partial charge in [0.1, 0.15) is 17.3 Å². The Morgan fingerprint density at radius 2 is 1.93 bits per heavy atom. The first kappa shape index (κ1) is 20.3. The van der Waals surface area contributed by atoms with Crippen LogP contribution < -0.4 is 4.74 Å². The molecule has 2 aliphatic heterocycles. The zero-order chi connectivity index (χ0) is 20.9. The molecule has 1 aromatic heterocycles. The predicted molar refractivity (Wildman–Crippen MR) is 106 cm³/mol. The van der Waals surface area contributed by atoms with Gasteiger partial charge >= 0.3 is 0 Å². The molecule has 1 aromatic carbocycles. The molecule has 1 N–H and O–H groups in total. The van der Waals surface area contributed by atoms with Crippen molar-refractivity contribution in [2.24, 2.45) is 0 Å². The van der Waals surface area contributed by atoms with Crippen LogP contribution in [0.5, 0.6) is 5.75 Å². The minimum Gasteiger partial charge on any atom is -0.484 e. The molecule has 3 heterocycles. The standard InChI is InChI=1S/C21H25FN4O4/c22-15-4-6-16(7-5-15)30-14-20(27)26-8-2-1-3-19(26)17-13-18(24-23-17)21(28)25-9-11-29-12-10-25/h4-7,13,19H,1-3,8-12,14H2,(H,23,24). The van der Waals surface area contributed by atoms with Crippen LogP contribution in [0.1, 0.15) is 41.5 Å². The first-order valence-electron chi connectivity index (χ1n) is 10.2. The number of nitrogens with one attached hydrogen (secondary N) is 1. The van der Waals surface area contributed by atoms with E-state index in [1.165, 1.54) is 24.3 Å². The van der Waals surface area contributed by atoms with Gasteiger partial charge in [-0.25, -0.2) is 4.39 Å². The molecule has 1 atom stereocenters. The van der Waals surface area contributed by atoms with E-state index in [0.29, 0.717) is 44.3 Å². The number of benzene rings is 1. The highest BCUT2D eigenvalue weighted by Crippen LogP contribution is 2.30. The molecule has 9 heteroatoms. The van der Waals surface area contributed by atoms with Gasteiger partial charge in [-0.15, -0.1) is 0 Å². The molecule has 0 bridgehead atoms. The van der Waals surface area contributed by atoms with Gasteiger partial charge in [-0.3, -0.25) is 14.7 Å². The van der Waals surface area contributed by atoms with E-state index in [1.807, 2.05) is 0 Å². The lowest BCUT2D eigenvalue weighted by Crippen LogP contribution is -2.41. The molecule has 0 spiro atoms. The summed E-state index contributed by atoms with van der Waals surface area (Å²) in [4.78, 5) is 29.0. The number of carbonyl (C=O) groups is 2. The molecule has 1 unspecified atom stereocenters. The minimum atomic E-state index is -0.355. The number of morpholine rings is 1. The van der Waals surface area contributed by atoms with Crippen LogP contribution in [0.3, 0.4) is 0 Å². The zero-order valence-corrected chi connectivity index (χ0v) is 16.7. The van der Waals surface area contributed by atoms with Crippen LogP contribution in [0.25, 0.3) is 0 Å². The summed E-state index contributed by atoms with van der Waals surface area (Å²) in [7, 11) is 0. The number of amides is 2. The van der Waals surface area contributed by atoms with Crippen LogP contribution in [0.15, 0.2) is 30.3 Å². The van der Waals surface area contributed by atoms with E-state index in [4.69, 9.17) is 9.47 Å². The quantitative estimate of drug-likeness (QED) is 0.807. The number of aromatic nitrogens is 2. The average Bonchev–Trinajstić information content (AvgIpc) is 3.29. The Kier molecular flexibility index (Phi) is 6.27. The number of ether oxygens (including phenoxy) is 2. The Morgan fingerprint density at radius 1 is 1.17 bits per heavy atom. The fraction of sp³-hybridized carbons (Fsp3) is 0.476. The van der Waals surface area contributed by atoms with E-state index in [9.17, 15) is 14.0 Å². The van der Waals surface area contributed by atoms with Crippen molar-refractivity contribution >= 4 is 11.8 Å². The van der Waals surface area contributed by atoms with Crippen molar-refractivity contribution in [1.29, 1.82) is 0 Å². The Bertz CT molecular complexity index is 879. The van der Waals surface area contributed by atoms with E-state index in [2.05, 4.69) is 10.2 Å². The van der Waals surface area contributed by atoms with Gasteiger partial charge in [0.15, 0.2) is 6.61 Å². The van der Waals surface area contributed by atoms with Gasteiger partial charge in [-0.2, -0.15) is 5.10 Å². The van der Waals surface area contributed by atoms with Gasteiger partial charge in [0.05, 0.1) is 24.9 Å². The first-order chi connectivity index (χ1) is 14.6. The Hall–Kier alpha value is -2.94. The fourth-order valence-electron chi connectivity index (χ4n) is 3.86. The molecule has 160 valence electrons. The van der Waals surface area contributed by atoms with Gasteiger partial charge in [0.2, 0.25) is 0 Å². The minimum absolute atomic E-state index is 0.129. The van der Waals surface area contributed by atoms with Crippen LogP contribution >= 0.6 is 0 Å². The smallest absolute Gasteiger partial charge is 0.274 e. The summed E-state index contributed by atoms with van der Waals surface area (Å²) in [6.45, 7) is 2.65. The maximum atomic E-state index is 13.0. The summed E-state index contributed by atoms with van der Waals surface area (Å²) < 4.78 is 23.8. The third-order valence-electron chi connectivity index (χ3n) is 5.47. The van der Waals surface area contributed by atoms with Crippen LogP contribution in [-0.2, 0) is 9.53 Å². The number of hydrogen-bond acceptors (Lipinski definition) is 5. The number of halogens is 1. The summed E-state index contributed by atoms with van der Waals surface area (Å²) in [5.41, 5.74) is 1.11. The molecule has 2 amide bonds. The number of nitrogens with zero attached hydrogens (tertiary/aromatic N) is 3. The summed E-state index contributed by atoms with van der Waals surface area (Å²) in [5.74, 6) is -0.196. The van der Waals surface area contributed by atoms with Crippen LogP contribution in [0, 0.1) is 5.82 Å². The second-order valence-corrected chi connectivity index (χ2v) is 7.45. The molecule has 30 heavy (non-hydrogen) atoms. The topological polar surface area (TPSA) is 87.8 Å². The molecule has 2 saturated heterocycles. The number of rotatable bonds is 5. The van der Waals surface area contributed by atoms with E-state index < -0.39 is 0 Å². The molecule has 0 aliphatic carbocycles. The number of likely N-dealkylation sites (tertiary alicyclic amines) is 1. The largest absolute Gasteiger partial charge is 0.484 e. The molecule has 0 saturated carbocycles. The van der Waals surface area contributed by atoms with E-state index in [0.717, 1.165) is 25.0 Å². The fourth-order valence-corrected chi connectivity index (χ4v) is 3.86. The predicted octanol–water partition coefficient (Wildman–Crippen LogP) is 2.15. The Morgan fingerprint density at radius 3 is 2.70 bits per heavy atom. The van der Waals surface area contributed by atoms with Crippen molar-refractivity contribution < 1.29 is 23.5 Å². The maximum Gasteiger partial charge on any atom is 0.274 e. The zero-order valence-electron chi connectivity index (χ0n) is 16.7. The average molecular weight is 416 g/mol.